The average molecular weight is 233 g/mol. The standard InChI is InChI=1S/C14H19NO2/c1-9-4-6-10(7-5-9)13(15(2)3)11-8-12(11)14(16)17/h4-7,11-13H,8H2,1-3H3,(H,16,17). The summed E-state index contributed by atoms with van der Waals surface area (Å²) < 4.78 is 0. The monoisotopic (exact) mass is 233 g/mol. The van der Waals surface area contributed by atoms with Crippen LogP contribution in [0.2, 0.25) is 0 Å². The van der Waals surface area contributed by atoms with Gasteiger partial charge in [0.2, 0.25) is 0 Å². The molecule has 3 heteroatoms. The number of carboxylic acid groups (broad SMARTS) is 1. The van der Waals surface area contributed by atoms with Crippen molar-refractivity contribution in [3.8, 4) is 0 Å². The number of hydrogen-bond acceptors (Lipinski definition) is 2. The molecule has 0 amide bonds. The first-order valence-electron chi connectivity index (χ1n) is 5.96. The number of aryl methyl sites for hydroxylation is 1. The lowest BCUT2D eigenvalue weighted by atomic mass is 9.99. The highest BCUT2D eigenvalue weighted by Crippen LogP contribution is 2.49. The molecule has 3 unspecified atom stereocenters. The van der Waals surface area contributed by atoms with E-state index in [1.165, 1.54) is 11.1 Å². The van der Waals surface area contributed by atoms with Crippen LogP contribution in [0.15, 0.2) is 24.3 Å². The van der Waals surface area contributed by atoms with Crippen LogP contribution in [0.3, 0.4) is 0 Å². The van der Waals surface area contributed by atoms with Gasteiger partial charge in [-0.2, -0.15) is 0 Å². The number of nitrogens with zero attached hydrogens (tertiary/aromatic N) is 1. The molecule has 0 radical (unpaired) electrons. The molecular weight excluding hydrogens is 214 g/mol. The zero-order chi connectivity index (χ0) is 12.6. The molecule has 1 aromatic rings. The van der Waals surface area contributed by atoms with Gasteiger partial charge < -0.3 is 10.0 Å². The Bertz CT molecular complexity index is 411. The molecule has 0 aliphatic heterocycles. The fraction of sp³-hybridized carbons (Fsp3) is 0.500. The van der Waals surface area contributed by atoms with E-state index in [0.29, 0.717) is 0 Å². The van der Waals surface area contributed by atoms with E-state index in [0.717, 1.165) is 6.42 Å². The van der Waals surface area contributed by atoms with E-state index in [1.54, 1.807) is 0 Å². The molecule has 0 spiro atoms. The van der Waals surface area contributed by atoms with Crippen molar-refractivity contribution in [3.05, 3.63) is 35.4 Å². The second-order valence-corrected chi connectivity index (χ2v) is 5.16. The third-order valence-electron chi connectivity index (χ3n) is 3.54. The summed E-state index contributed by atoms with van der Waals surface area (Å²) in [6.07, 6.45) is 0.798. The van der Waals surface area contributed by atoms with Crippen LogP contribution < -0.4 is 0 Å². The fourth-order valence-electron chi connectivity index (χ4n) is 2.54. The molecule has 2 rings (SSSR count). The fourth-order valence-corrected chi connectivity index (χ4v) is 2.54. The Morgan fingerprint density at radius 2 is 1.94 bits per heavy atom. The number of benzene rings is 1. The lowest BCUT2D eigenvalue weighted by Gasteiger charge is -2.25. The quantitative estimate of drug-likeness (QED) is 0.867. The average Bonchev–Trinajstić information content (AvgIpc) is 3.01. The summed E-state index contributed by atoms with van der Waals surface area (Å²) in [5, 5.41) is 9.03. The van der Waals surface area contributed by atoms with Crippen LogP contribution in [-0.4, -0.2) is 30.1 Å². The molecule has 92 valence electrons. The second-order valence-electron chi connectivity index (χ2n) is 5.16. The van der Waals surface area contributed by atoms with Crippen molar-refractivity contribution in [1.82, 2.24) is 4.90 Å². The Hall–Kier alpha value is -1.35. The van der Waals surface area contributed by atoms with Crippen molar-refractivity contribution in [1.29, 1.82) is 0 Å². The Labute approximate surface area is 102 Å². The Morgan fingerprint density at radius 3 is 2.35 bits per heavy atom. The molecule has 0 aromatic heterocycles. The van der Waals surface area contributed by atoms with Gasteiger partial charge in [-0.05, 0) is 38.9 Å². The molecular formula is C14H19NO2. The first-order chi connectivity index (χ1) is 8.00. The summed E-state index contributed by atoms with van der Waals surface area (Å²) in [5.41, 5.74) is 2.45. The summed E-state index contributed by atoms with van der Waals surface area (Å²) in [5.74, 6) is -0.567. The van der Waals surface area contributed by atoms with Gasteiger partial charge in [-0.3, -0.25) is 4.79 Å². The van der Waals surface area contributed by atoms with Crippen LogP contribution in [-0.2, 0) is 4.79 Å². The van der Waals surface area contributed by atoms with Crippen molar-refractivity contribution >= 4 is 5.97 Å². The van der Waals surface area contributed by atoms with E-state index in [-0.39, 0.29) is 17.9 Å². The number of aliphatic carboxylic acids is 1. The number of carboxylic acids is 1. The van der Waals surface area contributed by atoms with Crippen LogP contribution in [0.4, 0.5) is 0 Å². The maximum Gasteiger partial charge on any atom is 0.306 e. The van der Waals surface area contributed by atoms with Crippen LogP contribution in [0.1, 0.15) is 23.6 Å². The van der Waals surface area contributed by atoms with Crippen molar-refractivity contribution < 1.29 is 9.90 Å². The lowest BCUT2D eigenvalue weighted by molar-refractivity contribution is -0.139. The van der Waals surface area contributed by atoms with E-state index in [1.807, 2.05) is 14.1 Å². The minimum Gasteiger partial charge on any atom is -0.481 e. The molecule has 3 nitrogen and oxygen atoms in total. The van der Waals surface area contributed by atoms with Crippen LogP contribution in [0.25, 0.3) is 0 Å². The molecule has 17 heavy (non-hydrogen) atoms. The van der Waals surface area contributed by atoms with Crippen molar-refractivity contribution in [2.45, 2.75) is 19.4 Å². The molecule has 1 aromatic carbocycles. The number of rotatable bonds is 4. The van der Waals surface area contributed by atoms with E-state index in [4.69, 9.17) is 5.11 Å². The highest BCUT2D eigenvalue weighted by atomic mass is 16.4. The Kier molecular flexibility index (Phi) is 3.20. The third kappa shape index (κ3) is 2.50. The molecule has 1 aliphatic carbocycles. The zero-order valence-corrected chi connectivity index (χ0v) is 10.6. The van der Waals surface area contributed by atoms with Crippen LogP contribution >= 0.6 is 0 Å². The summed E-state index contributed by atoms with van der Waals surface area (Å²) in [6, 6.07) is 8.61. The molecule has 1 fully saturated rings. The van der Waals surface area contributed by atoms with Gasteiger partial charge in [-0.25, -0.2) is 0 Å². The zero-order valence-electron chi connectivity index (χ0n) is 10.6. The first-order valence-corrected chi connectivity index (χ1v) is 5.96. The van der Waals surface area contributed by atoms with Crippen molar-refractivity contribution in [3.63, 3.8) is 0 Å². The molecule has 1 N–H and O–H groups in total. The minimum absolute atomic E-state index is 0.163. The topological polar surface area (TPSA) is 40.5 Å². The smallest absolute Gasteiger partial charge is 0.306 e. The normalized spacial score (nSPS) is 24.7. The van der Waals surface area contributed by atoms with Gasteiger partial charge in [0.05, 0.1) is 5.92 Å². The van der Waals surface area contributed by atoms with E-state index < -0.39 is 5.97 Å². The lowest BCUT2D eigenvalue weighted by Crippen LogP contribution is -2.23. The van der Waals surface area contributed by atoms with E-state index in [2.05, 4.69) is 36.1 Å². The molecule has 0 heterocycles. The highest BCUT2D eigenvalue weighted by Gasteiger charge is 2.49. The predicted molar refractivity (Wildman–Crippen MR) is 66.8 cm³/mol. The number of carbonyl (C=O) groups is 1. The molecule has 1 saturated carbocycles. The minimum atomic E-state index is -0.658. The summed E-state index contributed by atoms with van der Waals surface area (Å²) in [7, 11) is 4.03. The van der Waals surface area contributed by atoms with Gasteiger partial charge in [-0.15, -0.1) is 0 Å². The number of hydrogen-bond donors (Lipinski definition) is 1. The van der Waals surface area contributed by atoms with Crippen molar-refractivity contribution in [2.75, 3.05) is 14.1 Å². The molecule has 1 aliphatic rings. The van der Waals surface area contributed by atoms with Gasteiger partial charge in [0, 0.05) is 6.04 Å². The molecule has 0 saturated heterocycles. The maximum absolute atomic E-state index is 11.0. The van der Waals surface area contributed by atoms with Gasteiger partial charge >= 0.3 is 5.97 Å². The van der Waals surface area contributed by atoms with Crippen molar-refractivity contribution in [2.24, 2.45) is 11.8 Å². The third-order valence-corrected chi connectivity index (χ3v) is 3.54. The molecule has 0 bridgehead atoms. The van der Waals surface area contributed by atoms with Gasteiger partial charge in [0.25, 0.3) is 0 Å². The van der Waals surface area contributed by atoms with Crippen LogP contribution in [0.5, 0.6) is 0 Å². The van der Waals surface area contributed by atoms with E-state index in [9.17, 15) is 4.79 Å². The van der Waals surface area contributed by atoms with Gasteiger partial charge in [0.15, 0.2) is 0 Å². The summed E-state index contributed by atoms with van der Waals surface area (Å²) in [4.78, 5) is 13.1. The van der Waals surface area contributed by atoms with Crippen LogP contribution in [0, 0.1) is 18.8 Å². The molecule has 3 atom stereocenters. The SMILES string of the molecule is Cc1ccc(C(C2CC2C(=O)O)N(C)C)cc1. The largest absolute Gasteiger partial charge is 0.481 e. The first kappa shape index (κ1) is 12.1. The van der Waals surface area contributed by atoms with E-state index >= 15 is 0 Å². The maximum atomic E-state index is 11.0. The van der Waals surface area contributed by atoms with Gasteiger partial charge in [0.1, 0.15) is 0 Å². The van der Waals surface area contributed by atoms with Gasteiger partial charge in [-0.1, -0.05) is 29.8 Å². The highest BCUT2D eigenvalue weighted by molar-refractivity contribution is 5.73. The Balaban J connectivity index is 2.19. The predicted octanol–water partition coefficient (Wildman–Crippen LogP) is 2.32. The second kappa shape index (κ2) is 4.49. The summed E-state index contributed by atoms with van der Waals surface area (Å²) >= 11 is 0. The summed E-state index contributed by atoms with van der Waals surface area (Å²) in [6.45, 7) is 2.06. The Morgan fingerprint density at radius 1 is 1.35 bits per heavy atom.